The van der Waals surface area contributed by atoms with Gasteiger partial charge in [-0.05, 0) is 11.6 Å². The van der Waals surface area contributed by atoms with Gasteiger partial charge in [0, 0.05) is 35.5 Å². The van der Waals surface area contributed by atoms with Gasteiger partial charge in [-0.15, -0.1) is 11.3 Å². The first kappa shape index (κ1) is 18.7. The van der Waals surface area contributed by atoms with Gasteiger partial charge in [-0.25, -0.2) is 4.98 Å². The first-order valence-corrected chi connectivity index (χ1v) is 10.2. The molecule has 1 aliphatic rings. The molecular weight excluding hydrogens is 394 g/mol. The van der Waals surface area contributed by atoms with Crippen molar-refractivity contribution < 1.29 is 9.59 Å². The summed E-state index contributed by atoms with van der Waals surface area (Å²) in [6.07, 6.45) is 0.202. The van der Waals surface area contributed by atoms with Crippen molar-refractivity contribution in [1.82, 2.24) is 9.88 Å². The number of halogens is 1. The fraction of sp³-hybridized carbons (Fsp3) is 0.190. The average molecular weight is 412 g/mol. The van der Waals surface area contributed by atoms with Crippen molar-refractivity contribution in [2.24, 2.45) is 5.92 Å². The molecular formula is C21H18ClN3O2S. The molecule has 1 aliphatic heterocycles. The number of benzene rings is 2. The van der Waals surface area contributed by atoms with Crippen molar-refractivity contribution in [3.8, 4) is 11.3 Å². The Labute approximate surface area is 172 Å². The van der Waals surface area contributed by atoms with E-state index in [-0.39, 0.29) is 24.2 Å². The van der Waals surface area contributed by atoms with Gasteiger partial charge in [0.1, 0.15) is 0 Å². The van der Waals surface area contributed by atoms with E-state index >= 15 is 0 Å². The average Bonchev–Trinajstić information content (AvgIpc) is 3.31. The van der Waals surface area contributed by atoms with Gasteiger partial charge in [-0.3, -0.25) is 9.59 Å². The monoisotopic (exact) mass is 411 g/mol. The minimum absolute atomic E-state index is 0.0378. The van der Waals surface area contributed by atoms with Crippen LogP contribution in [-0.4, -0.2) is 28.2 Å². The number of amides is 2. The van der Waals surface area contributed by atoms with Crippen LogP contribution in [-0.2, 0) is 16.1 Å². The normalized spacial score (nSPS) is 16.4. The van der Waals surface area contributed by atoms with Gasteiger partial charge in [-0.1, -0.05) is 60.1 Å². The van der Waals surface area contributed by atoms with Crippen LogP contribution in [0.2, 0.25) is 5.02 Å². The fourth-order valence-corrected chi connectivity index (χ4v) is 4.13. The third-order valence-electron chi connectivity index (χ3n) is 4.71. The topological polar surface area (TPSA) is 62.3 Å². The zero-order valence-corrected chi connectivity index (χ0v) is 16.5. The molecule has 2 amide bonds. The van der Waals surface area contributed by atoms with Crippen LogP contribution >= 0.6 is 22.9 Å². The molecule has 1 N–H and O–H groups in total. The summed E-state index contributed by atoms with van der Waals surface area (Å²) in [4.78, 5) is 31.1. The number of nitrogens with one attached hydrogen (secondary N) is 1. The van der Waals surface area contributed by atoms with Crippen molar-refractivity contribution in [3.63, 3.8) is 0 Å². The lowest BCUT2D eigenvalue weighted by Gasteiger charge is -2.17. The van der Waals surface area contributed by atoms with E-state index in [0.717, 1.165) is 16.8 Å². The molecule has 1 unspecified atom stereocenters. The molecule has 0 saturated carbocycles. The van der Waals surface area contributed by atoms with Gasteiger partial charge in [0.15, 0.2) is 5.13 Å². The van der Waals surface area contributed by atoms with Crippen molar-refractivity contribution in [2.45, 2.75) is 13.0 Å². The molecule has 4 rings (SSSR count). The number of carbonyl (C=O) groups is 2. The molecule has 1 aromatic heterocycles. The number of nitrogens with zero attached hydrogens (tertiary/aromatic N) is 2. The summed E-state index contributed by atoms with van der Waals surface area (Å²) in [5.74, 6) is -0.604. The third-order valence-corrected chi connectivity index (χ3v) is 5.83. The Kier molecular flexibility index (Phi) is 5.41. The lowest BCUT2D eigenvalue weighted by atomic mass is 10.1. The summed E-state index contributed by atoms with van der Waals surface area (Å²) < 4.78 is 0. The fourth-order valence-electron chi connectivity index (χ4n) is 3.21. The summed E-state index contributed by atoms with van der Waals surface area (Å²) >= 11 is 7.56. The first-order valence-electron chi connectivity index (χ1n) is 8.93. The van der Waals surface area contributed by atoms with Gasteiger partial charge in [0.05, 0.1) is 11.6 Å². The van der Waals surface area contributed by atoms with Gasteiger partial charge in [0.2, 0.25) is 11.8 Å². The highest BCUT2D eigenvalue weighted by atomic mass is 35.5. The van der Waals surface area contributed by atoms with E-state index in [1.54, 1.807) is 11.0 Å². The van der Waals surface area contributed by atoms with Crippen LogP contribution in [0.1, 0.15) is 12.0 Å². The molecule has 0 aliphatic carbocycles. The first-order chi connectivity index (χ1) is 13.6. The van der Waals surface area contributed by atoms with E-state index in [1.807, 2.05) is 53.9 Å². The third kappa shape index (κ3) is 4.08. The molecule has 7 heteroatoms. The van der Waals surface area contributed by atoms with Gasteiger partial charge in [0.25, 0.3) is 0 Å². The second-order valence-electron chi connectivity index (χ2n) is 6.66. The summed E-state index contributed by atoms with van der Waals surface area (Å²) in [6.45, 7) is 0.796. The second kappa shape index (κ2) is 8.12. The van der Waals surface area contributed by atoms with Crippen LogP contribution in [0.5, 0.6) is 0 Å². The van der Waals surface area contributed by atoms with E-state index < -0.39 is 0 Å². The van der Waals surface area contributed by atoms with Gasteiger partial charge >= 0.3 is 0 Å². The maximum absolute atomic E-state index is 12.6. The van der Waals surface area contributed by atoms with E-state index in [0.29, 0.717) is 23.2 Å². The number of anilines is 1. The predicted molar refractivity (Wildman–Crippen MR) is 111 cm³/mol. The SMILES string of the molecule is O=C(Nc1nc(-c2ccccc2)cs1)C1CC(=O)N(Cc2ccccc2Cl)C1. The van der Waals surface area contributed by atoms with Gasteiger partial charge in [-0.2, -0.15) is 0 Å². The van der Waals surface area contributed by atoms with Crippen LogP contribution < -0.4 is 5.32 Å². The standard InChI is InChI=1S/C21H18ClN3O2S/c22-17-9-5-4-8-15(17)11-25-12-16(10-19(25)26)20(27)24-21-23-18(13-28-21)14-6-2-1-3-7-14/h1-9,13,16H,10-12H2,(H,23,24,27). The smallest absolute Gasteiger partial charge is 0.231 e. The number of rotatable bonds is 5. The number of carbonyl (C=O) groups excluding carboxylic acids is 2. The molecule has 0 radical (unpaired) electrons. The summed E-state index contributed by atoms with van der Waals surface area (Å²) in [5, 5.41) is 5.93. The second-order valence-corrected chi connectivity index (χ2v) is 7.93. The van der Waals surface area contributed by atoms with Crippen LogP contribution in [0.3, 0.4) is 0 Å². The molecule has 1 atom stereocenters. The number of thiazole rings is 1. The minimum Gasteiger partial charge on any atom is -0.337 e. The van der Waals surface area contributed by atoms with Crippen molar-refractivity contribution in [1.29, 1.82) is 0 Å². The van der Waals surface area contributed by atoms with E-state index in [4.69, 9.17) is 11.6 Å². The molecule has 142 valence electrons. The largest absolute Gasteiger partial charge is 0.337 e. The molecule has 3 aromatic rings. The molecule has 5 nitrogen and oxygen atoms in total. The van der Waals surface area contributed by atoms with E-state index in [9.17, 15) is 9.59 Å². The Morgan fingerprint density at radius 1 is 1.18 bits per heavy atom. The highest BCUT2D eigenvalue weighted by molar-refractivity contribution is 7.14. The summed E-state index contributed by atoms with van der Waals surface area (Å²) in [5.41, 5.74) is 2.70. The number of hydrogen-bond acceptors (Lipinski definition) is 4. The van der Waals surface area contributed by atoms with Crippen molar-refractivity contribution in [3.05, 3.63) is 70.6 Å². The molecule has 1 saturated heterocycles. The number of aromatic nitrogens is 1. The Morgan fingerprint density at radius 2 is 1.93 bits per heavy atom. The molecule has 2 heterocycles. The maximum atomic E-state index is 12.6. The van der Waals surface area contributed by atoms with Crippen molar-refractivity contribution >= 4 is 39.9 Å². The van der Waals surface area contributed by atoms with Crippen LogP contribution in [0.4, 0.5) is 5.13 Å². The Morgan fingerprint density at radius 3 is 2.71 bits per heavy atom. The zero-order valence-electron chi connectivity index (χ0n) is 15.0. The van der Waals surface area contributed by atoms with Crippen LogP contribution in [0.15, 0.2) is 60.0 Å². The van der Waals surface area contributed by atoms with Crippen LogP contribution in [0.25, 0.3) is 11.3 Å². The number of hydrogen-bond donors (Lipinski definition) is 1. The Hall–Kier alpha value is -2.70. The number of likely N-dealkylation sites (tertiary alicyclic amines) is 1. The highest BCUT2D eigenvalue weighted by Gasteiger charge is 2.34. The summed E-state index contributed by atoms with van der Waals surface area (Å²) in [7, 11) is 0. The Balaban J connectivity index is 1.39. The molecule has 1 fully saturated rings. The molecule has 0 bridgehead atoms. The zero-order chi connectivity index (χ0) is 19.5. The van der Waals surface area contributed by atoms with Gasteiger partial charge < -0.3 is 10.2 Å². The van der Waals surface area contributed by atoms with E-state index in [2.05, 4.69) is 10.3 Å². The predicted octanol–water partition coefficient (Wildman–Crippen LogP) is 4.45. The van der Waals surface area contributed by atoms with E-state index in [1.165, 1.54) is 11.3 Å². The highest BCUT2D eigenvalue weighted by Crippen LogP contribution is 2.27. The Bertz CT molecular complexity index is 1010. The summed E-state index contributed by atoms with van der Waals surface area (Å²) in [6, 6.07) is 17.2. The molecule has 28 heavy (non-hydrogen) atoms. The lowest BCUT2D eigenvalue weighted by molar-refractivity contribution is -0.128. The maximum Gasteiger partial charge on any atom is 0.231 e. The minimum atomic E-state index is -0.390. The quantitative estimate of drug-likeness (QED) is 0.674. The molecule has 0 spiro atoms. The van der Waals surface area contributed by atoms with Crippen molar-refractivity contribution in [2.75, 3.05) is 11.9 Å². The van der Waals surface area contributed by atoms with Crippen LogP contribution in [0, 0.1) is 5.92 Å². The lowest BCUT2D eigenvalue weighted by Crippen LogP contribution is -2.28. The molecule has 2 aromatic carbocycles.